The second-order valence-electron chi connectivity index (χ2n) is 7.88. The number of halogens is 1. The number of nitrogens with one attached hydrogen (secondary N) is 2. The van der Waals surface area contributed by atoms with Gasteiger partial charge in [-0.15, -0.1) is 0 Å². The number of hydrogen-bond donors (Lipinski definition) is 2. The lowest BCUT2D eigenvalue weighted by molar-refractivity contribution is 0.103. The first-order chi connectivity index (χ1) is 14.2. The number of H-pyrrole nitrogens is 1. The van der Waals surface area contributed by atoms with Gasteiger partial charge in [0.15, 0.2) is 0 Å². The first kappa shape index (κ1) is 20.3. The van der Waals surface area contributed by atoms with Crippen LogP contribution in [0.5, 0.6) is 0 Å². The third-order valence-corrected chi connectivity index (χ3v) is 6.02. The maximum atomic E-state index is 14.6. The van der Waals surface area contributed by atoms with E-state index < -0.39 is 15.8 Å². The zero-order valence-corrected chi connectivity index (χ0v) is 17.6. The standard InChI is InChI=1S/C23H23FN2O3S/c1-14(19-10-9-18(13-20(19)24)26-30(2,28)29)21-11-12-22(25-21)23(27)17-7-5-16(6-8-17)15-3-4-15/h5-15,25-26H,3-4H2,1-2H3. The molecule has 5 nitrogen and oxygen atoms in total. The fourth-order valence-electron chi connectivity index (χ4n) is 3.60. The van der Waals surface area contributed by atoms with Crippen molar-refractivity contribution in [1.82, 2.24) is 4.98 Å². The molecule has 1 aromatic heterocycles. The highest BCUT2D eigenvalue weighted by Crippen LogP contribution is 2.40. The van der Waals surface area contributed by atoms with Crippen molar-refractivity contribution >= 4 is 21.5 Å². The number of rotatable bonds is 7. The summed E-state index contributed by atoms with van der Waals surface area (Å²) in [6.07, 6.45) is 3.44. The highest BCUT2D eigenvalue weighted by atomic mass is 32.2. The summed E-state index contributed by atoms with van der Waals surface area (Å²) in [6, 6.07) is 15.4. The van der Waals surface area contributed by atoms with Crippen LogP contribution >= 0.6 is 0 Å². The third-order valence-electron chi connectivity index (χ3n) is 5.41. The van der Waals surface area contributed by atoms with Crippen molar-refractivity contribution in [2.75, 3.05) is 11.0 Å². The van der Waals surface area contributed by atoms with Crippen molar-refractivity contribution in [3.63, 3.8) is 0 Å². The molecular formula is C23H23FN2O3S. The Morgan fingerprint density at radius 2 is 1.80 bits per heavy atom. The molecule has 1 atom stereocenters. The summed E-state index contributed by atoms with van der Waals surface area (Å²) in [7, 11) is -3.48. The maximum Gasteiger partial charge on any atom is 0.229 e. The summed E-state index contributed by atoms with van der Waals surface area (Å²) in [6.45, 7) is 1.83. The number of aromatic amines is 1. The molecule has 1 unspecified atom stereocenters. The summed E-state index contributed by atoms with van der Waals surface area (Å²) < 4.78 is 39.5. The van der Waals surface area contributed by atoms with Gasteiger partial charge < -0.3 is 4.98 Å². The van der Waals surface area contributed by atoms with Gasteiger partial charge in [-0.05, 0) is 54.2 Å². The second kappa shape index (κ2) is 7.72. The maximum absolute atomic E-state index is 14.6. The van der Waals surface area contributed by atoms with E-state index in [0.717, 1.165) is 12.3 Å². The van der Waals surface area contributed by atoms with Crippen molar-refractivity contribution in [2.45, 2.75) is 31.6 Å². The van der Waals surface area contributed by atoms with E-state index >= 15 is 0 Å². The molecule has 0 aliphatic heterocycles. The van der Waals surface area contributed by atoms with Crippen LogP contribution in [0.3, 0.4) is 0 Å². The molecular weight excluding hydrogens is 403 g/mol. The van der Waals surface area contributed by atoms with Gasteiger partial charge in [0.05, 0.1) is 17.6 Å². The van der Waals surface area contributed by atoms with Gasteiger partial charge in [0.2, 0.25) is 15.8 Å². The quantitative estimate of drug-likeness (QED) is 0.534. The fraction of sp³-hybridized carbons (Fsp3) is 0.261. The molecule has 2 aromatic carbocycles. The number of anilines is 1. The van der Waals surface area contributed by atoms with Gasteiger partial charge in [-0.2, -0.15) is 0 Å². The molecule has 0 bridgehead atoms. The summed E-state index contributed by atoms with van der Waals surface area (Å²) in [5.74, 6) is -0.324. The van der Waals surface area contributed by atoms with E-state index in [1.165, 1.54) is 24.5 Å². The number of sulfonamides is 1. The Morgan fingerprint density at radius 3 is 2.40 bits per heavy atom. The van der Waals surface area contributed by atoms with Crippen molar-refractivity contribution in [3.8, 4) is 0 Å². The predicted molar refractivity (Wildman–Crippen MR) is 115 cm³/mol. The lowest BCUT2D eigenvalue weighted by Crippen LogP contribution is -2.10. The average molecular weight is 427 g/mol. The Balaban J connectivity index is 1.52. The van der Waals surface area contributed by atoms with E-state index in [2.05, 4.69) is 9.71 Å². The molecule has 0 spiro atoms. The van der Waals surface area contributed by atoms with E-state index in [9.17, 15) is 17.6 Å². The van der Waals surface area contributed by atoms with E-state index in [1.54, 1.807) is 18.2 Å². The molecule has 1 fully saturated rings. The average Bonchev–Trinajstić information content (AvgIpc) is 3.42. The normalized spacial score (nSPS) is 15.0. The van der Waals surface area contributed by atoms with Gasteiger partial charge in [-0.25, -0.2) is 12.8 Å². The zero-order valence-electron chi connectivity index (χ0n) is 16.8. The van der Waals surface area contributed by atoms with Gasteiger partial charge in [0.25, 0.3) is 0 Å². The third kappa shape index (κ3) is 4.46. The molecule has 0 amide bonds. The Kier molecular flexibility index (Phi) is 5.24. The smallest absolute Gasteiger partial charge is 0.229 e. The molecule has 30 heavy (non-hydrogen) atoms. The van der Waals surface area contributed by atoms with Crippen LogP contribution in [0, 0.1) is 5.82 Å². The highest BCUT2D eigenvalue weighted by Gasteiger charge is 2.24. The monoisotopic (exact) mass is 426 g/mol. The molecule has 1 heterocycles. The molecule has 156 valence electrons. The van der Waals surface area contributed by atoms with E-state index in [0.29, 0.717) is 28.4 Å². The number of carbonyl (C=O) groups is 1. The topological polar surface area (TPSA) is 79.0 Å². The van der Waals surface area contributed by atoms with Gasteiger partial charge in [-0.1, -0.05) is 37.3 Å². The van der Waals surface area contributed by atoms with Crippen LogP contribution in [0.25, 0.3) is 0 Å². The molecule has 4 rings (SSSR count). The van der Waals surface area contributed by atoms with Crippen molar-refractivity contribution in [3.05, 3.63) is 88.5 Å². The molecule has 0 radical (unpaired) electrons. The van der Waals surface area contributed by atoms with Crippen molar-refractivity contribution in [2.24, 2.45) is 0 Å². The summed E-state index contributed by atoms with van der Waals surface area (Å²) in [5, 5.41) is 0. The minimum atomic E-state index is -3.48. The van der Waals surface area contributed by atoms with Crippen molar-refractivity contribution in [1.29, 1.82) is 0 Å². The van der Waals surface area contributed by atoms with Gasteiger partial charge >= 0.3 is 0 Å². The van der Waals surface area contributed by atoms with E-state index in [4.69, 9.17) is 0 Å². The fourth-order valence-corrected chi connectivity index (χ4v) is 4.15. The Morgan fingerprint density at radius 1 is 1.10 bits per heavy atom. The van der Waals surface area contributed by atoms with Crippen LogP contribution in [-0.2, 0) is 10.0 Å². The van der Waals surface area contributed by atoms with E-state index in [1.807, 2.05) is 31.2 Å². The SMILES string of the molecule is CC(c1ccc(C(=O)c2ccc(C3CC3)cc2)[nH]1)c1ccc(NS(C)(=O)=O)cc1F. The molecule has 7 heteroatoms. The lowest BCUT2D eigenvalue weighted by atomic mass is 9.97. The van der Waals surface area contributed by atoms with Crippen LogP contribution in [0.1, 0.15) is 64.5 Å². The van der Waals surface area contributed by atoms with Crippen molar-refractivity contribution < 1.29 is 17.6 Å². The minimum Gasteiger partial charge on any atom is -0.355 e. The van der Waals surface area contributed by atoms with Gasteiger partial charge in [-0.3, -0.25) is 9.52 Å². The minimum absolute atomic E-state index is 0.107. The largest absolute Gasteiger partial charge is 0.355 e. The van der Waals surface area contributed by atoms with Crippen LogP contribution < -0.4 is 4.72 Å². The first-order valence-electron chi connectivity index (χ1n) is 9.82. The van der Waals surface area contributed by atoms with Crippen LogP contribution in [-0.4, -0.2) is 25.4 Å². The van der Waals surface area contributed by atoms with Gasteiger partial charge in [0.1, 0.15) is 5.82 Å². The molecule has 1 saturated carbocycles. The molecule has 3 aromatic rings. The van der Waals surface area contributed by atoms with Gasteiger partial charge in [0, 0.05) is 17.2 Å². The molecule has 2 N–H and O–H groups in total. The Labute approximate surface area is 175 Å². The summed E-state index contributed by atoms with van der Waals surface area (Å²) in [4.78, 5) is 15.9. The number of aromatic nitrogens is 1. The predicted octanol–water partition coefficient (Wildman–Crippen LogP) is 4.79. The lowest BCUT2D eigenvalue weighted by Gasteiger charge is -2.13. The molecule has 0 saturated heterocycles. The Bertz CT molecular complexity index is 1200. The highest BCUT2D eigenvalue weighted by molar-refractivity contribution is 7.92. The zero-order chi connectivity index (χ0) is 21.5. The van der Waals surface area contributed by atoms with E-state index in [-0.39, 0.29) is 17.4 Å². The van der Waals surface area contributed by atoms with Crippen LogP contribution in [0.2, 0.25) is 0 Å². The summed E-state index contributed by atoms with van der Waals surface area (Å²) in [5.41, 5.74) is 3.62. The van der Waals surface area contributed by atoms with Crippen LogP contribution in [0.4, 0.5) is 10.1 Å². The first-order valence-corrected chi connectivity index (χ1v) is 11.7. The molecule has 1 aliphatic rings. The number of carbonyl (C=O) groups excluding carboxylic acids is 1. The number of benzene rings is 2. The molecule has 1 aliphatic carbocycles. The van der Waals surface area contributed by atoms with Crippen LogP contribution in [0.15, 0.2) is 54.6 Å². The number of hydrogen-bond acceptors (Lipinski definition) is 3. The second-order valence-corrected chi connectivity index (χ2v) is 9.63. The summed E-state index contributed by atoms with van der Waals surface area (Å²) >= 11 is 0. The Hall–Kier alpha value is -2.93. The number of ketones is 1.